The molecule has 1 aliphatic heterocycles. The van der Waals surface area contributed by atoms with E-state index in [1.165, 1.54) is 32.5 Å². The third-order valence-electron chi connectivity index (χ3n) is 3.00. The van der Waals surface area contributed by atoms with E-state index in [0.29, 0.717) is 12.1 Å². The van der Waals surface area contributed by atoms with Crippen molar-refractivity contribution in [2.75, 3.05) is 19.6 Å². The SMILES string of the molecule is CC(C)CCN1CCC(C)NC(C)C1. The van der Waals surface area contributed by atoms with E-state index in [-0.39, 0.29) is 0 Å². The molecule has 0 radical (unpaired) electrons. The van der Waals surface area contributed by atoms with Gasteiger partial charge in [0.2, 0.25) is 0 Å². The van der Waals surface area contributed by atoms with Crippen LogP contribution in [0.3, 0.4) is 0 Å². The zero-order chi connectivity index (χ0) is 10.6. The Morgan fingerprint density at radius 2 is 2.00 bits per heavy atom. The first-order chi connectivity index (χ1) is 6.58. The van der Waals surface area contributed by atoms with Crippen LogP contribution in [0.4, 0.5) is 0 Å². The maximum atomic E-state index is 3.62. The molecule has 0 bridgehead atoms. The molecule has 0 amide bonds. The van der Waals surface area contributed by atoms with E-state index in [0.717, 1.165) is 5.92 Å². The minimum absolute atomic E-state index is 0.652. The molecule has 0 aromatic rings. The third kappa shape index (κ3) is 4.43. The van der Waals surface area contributed by atoms with Gasteiger partial charge in [-0.3, -0.25) is 0 Å². The summed E-state index contributed by atoms with van der Waals surface area (Å²) in [4.78, 5) is 2.61. The first-order valence-corrected chi connectivity index (χ1v) is 6.06. The summed E-state index contributed by atoms with van der Waals surface area (Å²) in [5.74, 6) is 0.832. The van der Waals surface area contributed by atoms with Gasteiger partial charge in [0.15, 0.2) is 0 Å². The summed E-state index contributed by atoms with van der Waals surface area (Å²) >= 11 is 0. The summed E-state index contributed by atoms with van der Waals surface area (Å²) < 4.78 is 0. The lowest BCUT2D eigenvalue weighted by Crippen LogP contribution is -2.38. The third-order valence-corrected chi connectivity index (χ3v) is 3.00. The predicted octanol–water partition coefficient (Wildman–Crippen LogP) is 2.10. The fourth-order valence-corrected chi connectivity index (χ4v) is 2.12. The summed E-state index contributed by atoms with van der Waals surface area (Å²) in [6.45, 7) is 13.0. The summed E-state index contributed by atoms with van der Waals surface area (Å²) in [6, 6.07) is 1.34. The molecule has 2 heteroatoms. The Morgan fingerprint density at radius 3 is 2.64 bits per heavy atom. The van der Waals surface area contributed by atoms with Crippen molar-refractivity contribution < 1.29 is 0 Å². The molecule has 0 aliphatic carbocycles. The van der Waals surface area contributed by atoms with Gasteiger partial charge in [0.05, 0.1) is 0 Å². The Bertz CT molecular complexity index is 156. The second-order valence-electron chi connectivity index (χ2n) is 5.24. The fourth-order valence-electron chi connectivity index (χ4n) is 2.12. The topological polar surface area (TPSA) is 15.3 Å². The van der Waals surface area contributed by atoms with Crippen LogP contribution in [0.15, 0.2) is 0 Å². The smallest absolute Gasteiger partial charge is 0.0169 e. The van der Waals surface area contributed by atoms with Crippen molar-refractivity contribution in [2.45, 2.75) is 52.6 Å². The van der Waals surface area contributed by atoms with Crippen molar-refractivity contribution in [2.24, 2.45) is 5.92 Å². The van der Waals surface area contributed by atoms with E-state index in [1.54, 1.807) is 0 Å². The number of nitrogens with one attached hydrogen (secondary N) is 1. The van der Waals surface area contributed by atoms with Gasteiger partial charge in [-0.15, -0.1) is 0 Å². The second kappa shape index (κ2) is 5.72. The molecule has 1 fully saturated rings. The molecule has 1 saturated heterocycles. The van der Waals surface area contributed by atoms with E-state index in [9.17, 15) is 0 Å². The van der Waals surface area contributed by atoms with Crippen LogP contribution in [0.25, 0.3) is 0 Å². The normalized spacial score (nSPS) is 30.6. The molecule has 0 aromatic heterocycles. The van der Waals surface area contributed by atoms with E-state index >= 15 is 0 Å². The Hall–Kier alpha value is -0.0800. The minimum atomic E-state index is 0.652. The van der Waals surface area contributed by atoms with Gasteiger partial charge in [-0.2, -0.15) is 0 Å². The van der Waals surface area contributed by atoms with Crippen molar-refractivity contribution in [3.8, 4) is 0 Å². The average Bonchev–Trinajstić information content (AvgIpc) is 2.23. The van der Waals surface area contributed by atoms with Gasteiger partial charge in [-0.25, -0.2) is 0 Å². The van der Waals surface area contributed by atoms with E-state index < -0.39 is 0 Å². The maximum Gasteiger partial charge on any atom is 0.0169 e. The van der Waals surface area contributed by atoms with Crippen LogP contribution in [-0.2, 0) is 0 Å². The van der Waals surface area contributed by atoms with Gasteiger partial charge in [0, 0.05) is 18.6 Å². The first kappa shape index (κ1) is 12.0. The van der Waals surface area contributed by atoms with Crippen LogP contribution >= 0.6 is 0 Å². The van der Waals surface area contributed by atoms with Gasteiger partial charge in [-0.05, 0) is 45.7 Å². The van der Waals surface area contributed by atoms with Crippen LogP contribution in [0.5, 0.6) is 0 Å². The molecule has 1 rings (SSSR count). The molecule has 0 spiro atoms. The molecule has 2 unspecified atom stereocenters. The maximum absolute atomic E-state index is 3.62. The zero-order valence-electron chi connectivity index (χ0n) is 10.2. The summed E-state index contributed by atoms with van der Waals surface area (Å²) in [5.41, 5.74) is 0. The highest BCUT2D eigenvalue weighted by Crippen LogP contribution is 2.08. The molecular formula is C12H26N2. The van der Waals surface area contributed by atoms with Crippen LogP contribution < -0.4 is 5.32 Å². The summed E-state index contributed by atoms with van der Waals surface area (Å²) in [5, 5.41) is 3.62. The highest BCUT2D eigenvalue weighted by molar-refractivity contribution is 4.77. The van der Waals surface area contributed by atoms with Crippen LogP contribution in [-0.4, -0.2) is 36.6 Å². The molecule has 1 N–H and O–H groups in total. The molecule has 1 heterocycles. The van der Waals surface area contributed by atoms with Crippen molar-refractivity contribution in [3.05, 3.63) is 0 Å². The quantitative estimate of drug-likeness (QED) is 0.747. The number of rotatable bonds is 3. The molecule has 0 saturated carbocycles. The first-order valence-electron chi connectivity index (χ1n) is 6.06. The molecule has 2 atom stereocenters. The molecule has 1 aliphatic rings. The predicted molar refractivity (Wildman–Crippen MR) is 62.6 cm³/mol. The second-order valence-corrected chi connectivity index (χ2v) is 5.24. The molecular weight excluding hydrogens is 172 g/mol. The van der Waals surface area contributed by atoms with Gasteiger partial charge in [0.25, 0.3) is 0 Å². The highest BCUT2D eigenvalue weighted by Gasteiger charge is 2.17. The minimum Gasteiger partial charge on any atom is -0.310 e. The van der Waals surface area contributed by atoms with E-state index in [1.807, 2.05) is 0 Å². The molecule has 0 aromatic carbocycles. The Balaban J connectivity index is 2.30. The van der Waals surface area contributed by atoms with Gasteiger partial charge in [0.1, 0.15) is 0 Å². The summed E-state index contributed by atoms with van der Waals surface area (Å²) in [6.07, 6.45) is 2.63. The average molecular weight is 198 g/mol. The lowest BCUT2D eigenvalue weighted by molar-refractivity contribution is 0.257. The van der Waals surface area contributed by atoms with Gasteiger partial charge in [-0.1, -0.05) is 13.8 Å². The zero-order valence-corrected chi connectivity index (χ0v) is 10.2. The van der Waals surface area contributed by atoms with E-state index in [4.69, 9.17) is 0 Å². The molecule has 14 heavy (non-hydrogen) atoms. The van der Waals surface area contributed by atoms with Crippen molar-refractivity contribution >= 4 is 0 Å². The number of nitrogens with zero attached hydrogens (tertiary/aromatic N) is 1. The monoisotopic (exact) mass is 198 g/mol. The van der Waals surface area contributed by atoms with Crippen molar-refractivity contribution in [1.29, 1.82) is 0 Å². The van der Waals surface area contributed by atoms with Crippen LogP contribution in [0.1, 0.15) is 40.5 Å². The van der Waals surface area contributed by atoms with Gasteiger partial charge < -0.3 is 10.2 Å². The van der Waals surface area contributed by atoms with Crippen LogP contribution in [0.2, 0.25) is 0 Å². The Labute approximate surface area is 89.1 Å². The van der Waals surface area contributed by atoms with Crippen molar-refractivity contribution in [3.63, 3.8) is 0 Å². The summed E-state index contributed by atoms with van der Waals surface area (Å²) in [7, 11) is 0. The standard InChI is InChI=1S/C12H26N2/c1-10(2)5-7-14-8-6-11(3)13-12(4)9-14/h10-13H,5-9H2,1-4H3. The Morgan fingerprint density at radius 1 is 1.29 bits per heavy atom. The lowest BCUT2D eigenvalue weighted by atomic mass is 10.1. The number of hydrogen-bond acceptors (Lipinski definition) is 2. The van der Waals surface area contributed by atoms with E-state index in [2.05, 4.69) is 37.9 Å². The van der Waals surface area contributed by atoms with Crippen LogP contribution in [0, 0.1) is 5.92 Å². The fraction of sp³-hybridized carbons (Fsp3) is 1.00. The highest BCUT2D eigenvalue weighted by atomic mass is 15.2. The number of hydrogen-bond donors (Lipinski definition) is 1. The molecule has 2 nitrogen and oxygen atoms in total. The van der Waals surface area contributed by atoms with Crippen molar-refractivity contribution in [1.82, 2.24) is 10.2 Å². The molecule has 84 valence electrons. The largest absolute Gasteiger partial charge is 0.310 e. The lowest BCUT2D eigenvalue weighted by Gasteiger charge is -2.22. The Kier molecular flexibility index (Phi) is 4.90. The van der Waals surface area contributed by atoms with Gasteiger partial charge >= 0.3 is 0 Å².